The van der Waals surface area contributed by atoms with Crippen molar-refractivity contribution in [1.82, 2.24) is 9.78 Å². The van der Waals surface area contributed by atoms with Crippen molar-refractivity contribution < 1.29 is 14.8 Å². The number of anilines is 1. The fraction of sp³-hybridized carbons (Fsp3) is 0.769. The maximum absolute atomic E-state index is 11.3. The Morgan fingerprint density at radius 2 is 2.24 bits per heavy atom. The monoisotopic (exact) mass is 300 g/mol. The Morgan fingerprint density at radius 3 is 2.76 bits per heavy atom. The third kappa shape index (κ3) is 4.68. The summed E-state index contributed by atoms with van der Waals surface area (Å²) in [6.07, 6.45) is 1.76. The van der Waals surface area contributed by atoms with Gasteiger partial charge in [0.2, 0.25) is 5.82 Å². The molecule has 0 fully saturated rings. The van der Waals surface area contributed by atoms with Gasteiger partial charge in [-0.2, -0.15) is 5.10 Å². The number of hydrogen-bond acceptors (Lipinski definition) is 6. The number of nitrogens with zero attached hydrogens (tertiary/aromatic N) is 3. The van der Waals surface area contributed by atoms with Gasteiger partial charge in [-0.25, -0.2) is 4.68 Å². The van der Waals surface area contributed by atoms with E-state index in [2.05, 4.69) is 10.4 Å². The van der Waals surface area contributed by atoms with Crippen LogP contribution in [0, 0.1) is 10.1 Å². The highest BCUT2D eigenvalue weighted by Crippen LogP contribution is 2.29. The van der Waals surface area contributed by atoms with Crippen molar-refractivity contribution in [3.8, 4) is 0 Å². The highest BCUT2D eigenvalue weighted by Gasteiger charge is 2.28. The summed E-state index contributed by atoms with van der Waals surface area (Å²) in [7, 11) is 3.21. The maximum atomic E-state index is 11.3. The molecular weight excluding hydrogens is 276 g/mol. The van der Waals surface area contributed by atoms with E-state index in [9.17, 15) is 15.2 Å². The van der Waals surface area contributed by atoms with Gasteiger partial charge in [0.05, 0.1) is 10.5 Å². The van der Waals surface area contributed by atoms with Crippen LogP contribution in [-0.4, -0.2) is 45.7 Å². The second-order valence-corrected chi connectivity index (χ2v) is 5.37. The molecule has 1 rings (SSSR count). The highest BCUT2D eigenvalue weighted by atomic mass is 16.6. The average molecular weight is 300 g/mol. The first-order valence-corrected chi connectivity index (χ1v) is 6.98. The van der Waals surface area contributed by atoms with E-state index in [1.54, 1.807) is 21.1 Å². The highest BCUT2D eigenvalue weighted by molar-refractivity contribution is 5.60. The molecule has 0 aliphatic carbocycles. The summed E-state index contributed by atoms with van der Waals surface area (Å²) in [6, 6.07) is 0. The molecule has 1 atom stereocenters. The van der Waals surface area contributed by atoms with Crippen LogP contribution in [0.5, 0.6) is 0 Å². The third-order valence-corrected chi connectivity index (χ3v) is 3.24. The van der Waals surface area contributed by atoms with Gasteiger partial charge < -0.3 is 15.2 Å². The first-order chi connectivity index (χ1) is 9.82. The number of hydrogen-bond donors (Lipinski definition) is 2. The minimum atomic E-state index is -1.01. The van der Waals surface area contributed by atoms with Gasteiger partial charge >= 0.3 is 5.69 Å². The minimum Gasteiger partial charge on any atom is -0.388 e. The summed E-state index contributed by atoms with van der Waals surface area (Å²) >= 11 is 0. The van der Waals surface area contributed by atoms with Crippen LogP contribution in [0.25, 0.3) is 0 Å². The van der Waals surface area contributed by atoms with E-state index >= 15 is 0 Å². The van der Waals surface area contributed by atoms with E-state index in [0.717, 1.165) is 6.42 Å². The Kier molecular flexibility index (Phi) is 6.10. The van der Waals surface area contributed by atoms with E-state index < -0.39 is 10.5 Å². The predicted octanol–water partition coefficient (Wildman–Crippen LogP) is 1.48. The molecule has 0 bridgehead atoms. The van der Waals surface area contributed by atoms with Crippen molar-refractivity contribution in [3.63, 3.8) is 0 Å². The minimum absolute atomic E-state index is 0.0121. The molecule has 0 aliphatic heterocycles. The molecule has 120 valence electrons. The predicted molar refractivity (Wildman–Crippen MR) is 79.5 cm³/mol. The van der Waals surface area contributed by atoms with Crippen LogP contribution in [0.1, 0.15) is 32.4 Å². The molecule has 0 saturated carbocycles. The summed E-state index contributed by atoms with van der Waals surface area (Å²) in [6.45, 7) is 4.21. The normalized spacial score (nSPS) is 14.0. The fourth-order valence-corrected chi connectivity index (χ4v) is 2.05. The van der Waals surface area contributed by atoms with Crippen LogP contribution in [0.3, 0.4) is 0 Å². The fourth-order valence-electron chi connectivity index (χ4n) is 2.05. The van der Waals surface area contributed by atoms with Gasteiger partial charge in [0, 0.05) is 33.7 Å². The Morgan fingerprint density at radius 1 is 1.57 bits per heavy atom. The standard InChI is InChI=1S/C13H24N4O4/c1-5-6-10-11(17(19)20)12(16(3)15-10)14-9-13(2,18)7-8-21-4/h14,18H,5-9H2,1-4H3. The Balaban J connectivity index is 2.90. The lowest BCUT2D eigenvalue weighted by atomic mass is 10.0. The van der Waals surface area contributed by atoms with Gasteiger partial charge in [0.1, 0.15) is 5.69 Å². The van der Waals surface area contributed by atoms with E-state index in [1.165, 1.54) is 4.68 Å². The topological polar surface area (TPSA) is 102 Å². The molecule has 8 heteroatoms. The molecule has 2 N–H and O–H groups in total. The molecule has 0 aliphatic rings. The smallest absolute Gasteiger partial charge is 0.333 e. The number of nitro groups is 1. The zero-order valence-corrected chi connectivity index (χ0v) is 13.0. The number of aryl methyl sites for hydroxylation is 2. The van der Waals surface area contributed by atoms with E-state index in [0.29, 0.717) is 31.0 Å². The van der Waals surface area contributed by atoms with E-state index in [1.807, 2.05) is 6.92 Å². The molecule has 1 heterocycles. The van der Waals surface area contributed by atoms with E-state index in [-0.39, 0.29) is 12.2 Å². The lowest BCUT2D eigenvalue weighted by Gasteiger charge is -2.23. The van der Waals surface area contributed by atoms with Crippen molar-refractivity contribution in [1.29, 1.82) is 0 Å². The average Bonchev–Trinajstić information content (AvgIpc) is 2.71. The first-order valence-electron chi connectivity index (χ1n) is 6.98. The number of aromatic nitrogens is 2. The van der Waals surface area contributed by atoms with Crippen molar-refractivity contribution in [2.75, 3.05) is 25.6 Å². The van der Waals surface area contributed by atoms with Crippen LogP contribution < -0.4 is 5.32 Å². The molecule has 21 heavy (non-hydrogen) atoms. The molecule has 1 aromatic heterocycles. The maximum Gasteiger partial charge on any atom is 0.333 e. The summed E-state index contributed by atoms with van der Waals surface area (Å²) in [5, 5.41) is 28.6. The van der Waals surface area contributed by atoms with Crippen molar-refractivity contribution in [3.05, 3.63) is 15.8 Å². The molecule has 1 unspecified atom stereocenters. The van der Waals surface area contributed by atoms with Crippen LogP contribution >= 0.6 is 0 Å². The summed E-state index contributed by atoms with van der Waals surface area (Å²) in [4.78, 5) is 10.8. The number of ether oxygens (including phenoxy) is 1. The van der Waals surface area contributed by atoms with Crippen molar-refractivity contribution in [2.45, 2.75) is 38.7 Å². The van der Waals surface area contributed by atoms with Gasteiger partial charge in [-0.1, -0.05) is 13.3 Å². The van der Waals surface area contributed by atoms with Crippen LogP contribution in [0.15, 0.2) is 0 Å². The Labute approximate surface area is 124 Å². The van der Waals surface area contributed by atoms with Gasteiger partial charge in [-0.05, 0) is 13.3 Å². The molecule has 0 saturated heterocycles. The molecule has 0 aromatic carbocycles. The molecule has 8 nitrogen and oxygen atoms in total. The van der Waals surface area contributed by atoms with Crippen LogP contribution in [0.2, 0.25) is 0 Å². The summed E-state index contributed by atoms with van der Waals surface area (Å²) in [5.41, 5.74) is -0.565. The number of rotatable bonds is 9. The zero-order chi connectivity index (χ0) is 16.0. The molecule has 0 amide bonds. The largest absolute Gasteiger partial charge is 0.388 e. The lowest BCUT2D eigenvalue weighted by molar-refractivity contribution is -0.384. The third-order valence-electron chi connectivity index (χ3n) is 3.24. The number of aliphatic hydroxyl groups is 1. The second-order valence-electron chi connectivity index (χ2n) is 5.37. The van der Waals surface area contributed by atoms with Gasteiger partial charge in [-0.3, -0.25) is 10.1 Å². The number of nitrogens with one attached hydrogen (secondary N) is 1. The Hall–Kier alpha value is -1.67. The lowest BCUT2D eigenvalue weighted by Crippen LogP contribution is -2.35. The SMILES string of the molecule is CCCc1nn(C)c(NCC(C)(O)CCOC)c1[N+](=O)[O-]. The van der Waals surface area contributed by atoms with Gasteiger partial charge in [0.15, 0.2) is 0 Å². The molecular formula is C13H24N4O4. The molecule has 0 spiro atoms. The quantitative estimate of drug-likeness (QED) is 0.529. The van der Waals surface area contributed by atoms with Crippen molar-refractivity contribution in [2.24, 2.45) is 7.05 Å². The molecule has 0 radical (unpaired) electrons. The molecule has 1 aromatic rings. The van der Waals surface area contributed by atoms with Crippen molar-refractivity contribution >= 4 is 11.5 Å². The van der Waals surface area contributed by atoms with Gasteiger partial charge in [0.25, 0.3) is 0 Å². The van der Waals surface area contributed by atoms with E-state index in [4.69, 9.17) is 4.74 Å². The van der Waals surface area contributed by atoms with Crippen LogP contribution in [-0.2, 0) is 18.2 Å². The summed E-state index contributed by atoms with van der Waals surface area (Å²) < 4.78 is 6.39. The zero-order valence-electron chi connectivity index (χ0n) is 13.0. The number of methoxy groups -OCH3 is 1. The Bertz CT molecular complexity index is 485. The summed E-state index contributed by atoms with van der Waals surface area (Å²) in [5.74, 6) is 0.321. The van der Waals surface area contributed by atoms with Crippen LogP contribution in [0.4, 0.5) is 11.5 Å². The first kappa shape index (κ1) is 17.4. The van der Waals surface area contributed by atoms with Gasteiger partial charge in [-0.15, -0.1) is 0 Å². The second kappa shape index (κ2) is 7.37.